The summed E-state index contributed by atoms with van der Waals surface area (Å²) in [5, 5.41) is 6.28. The van der Waals surface area contributed by atoms with Crippen molar-refractivity contribution in [2.24, 2.45) is 5.92 Å². The van der Waals surface area contributed by atoms with Gasteiger partial charge in [-0.05, 0) is 47.9 Å². The highest BCUT2D eigenvalue weighted by Crippen LogP contribution is 2.27. The zero-order valence-electron chi connectivity index (χ0n) is 15.1. The lowest BCUT2D eigenvalue weighted by atomic mass is 9.87. The zero-order valence-corrected chi connectivity index (χ0v) is 15.8. The molecule has 26 heavy (non-hydrogen) atoms. The predicted molar refractivity (Wildman–Crippen MR) is 105 cm³/mol. The Morgan fingerprint density at radius 1 is 0.962 bits per heavy atom. The van der Waals surface area contributed by atoms with Crippen molar-refractivity contribution in [3.8, 4) is 0 Å². The summed E-state index contributed by atoms with van der Waals surface area (Å²) < 4.78 is 4.77. The Kier molecular flexibility index (Phi) is 7.18. The van der Waals surface area contributed by atoms with E-state index in [1.54, 1.807) is 36.4 Å². The summed E-state index contributed by atoms with van der Waals surface area (Å²) in [7, 11) is 1.46. The van der Waals surface area contributed by atoms with Crippen LogP contribution in [0.1, 0.15) is 25.3 Å². The summed E-state index contributed by atoms with van der Waals surface area (Å²) in [4.78, 5) is 24.3. The summed E-state index contributed by atoms with van der Waals surface area (Å²) in [6, 6.07) is 14.3. The molecular formula is C20H23ClN2O3. The second kappa shape index (κ2) is 9.36. The Morgan fingerprint density at radius 2 is 1.50 bits per heavy atom. The molecule has 0 spiro atoms. The molecule has 0 aliphatic rings. The first-order valence-electron chi connectivity index (χ1n) is 8.36. The molecule has 2 aromatic rings. The first-order chi connectivity index (χ1) is 12.4. The topological polar surface area (TPSA) is 67.4 Å². The minimum Gasteiger partial charge on any atom is -0.375 e. The van der Waals surface area contributed by atoms with Gasteiger partial charge in [-0.25, -0.2) is 0 Å². The molecule has 0 aliphatic carbocycles. The minimum absolute atomic E-state index is 0.00432. The number of hydrogen-bond acceptors (Lipinski definition) is 3. The highest BCUT2D eigenvalue weighted by molar-refractivity contribution is 6.30. The van der Waals surface area contributed by atoms with Crippen LogP contribution in [0.25, 0.3) is 0 Å². The van der Waals surface area contributed by atoms with E-state index in [1.165, 1.54) is 7.11 Å². The molecule has 0 saturated carbocycles. The Hall–Kier alpha value is -2.37. The number of amides is 2. The van der Waals surface area contributed by atoms with Gasteiger partial charge in [0.25, 0.3) is 0 Å². The SMILES string of the molecule is COCC(=O)Nc1ccc(NC(=O)C(c2ccc(Cl)cc2)C(C)C)cc1. The van der Waals surface area contributed by atoms with Crippen LogP contribution in [0, 0.1) is 5.92 Å². The van der Waals surface area contributed by atoms with Gasteiger partial charge in [0, 0.05) is 23.5 Å². The van der Waals surface area contributed by atoms with E-state index in [0.29, 0.717) is 16.4 Å². The van der Waals surface area contributed by atoms with Crippen molar-refractivity contribution < 1.29 is 14.3 Å². The third-order valence-corrected chi connectivity index (χ3v) is 4.14. The summed E-state index contributed by atoms with van der Waals surface area (Å²) >= 11 is 5.94. The fraction of sp³-hybridized carbons (Fsp3) is 0.300. The minimum atomic E-state index is -0.284. The summed E-state index contributed by atoms with van der Waals surface area (Å²) in [6.45, 7) is 4.01. The van der Waals surface area contributed by atoms with Gasteiger partial charge in [0.15, 0.2) is 0 Å². The zero-order chi connectivity index (χ0) is 19.1. The maximum Gasteiger partial charge on any atom is 0.250 e. The Bertz CT molecular complexity index is 743. The molecule has 0 fully saturated rings. The van der Waals surface area contributed by atoms with Crippen molar-refractivity contribution in [2.75, 3.05) is 24.4 Å². The van der Waals surface area contributed by atoms with Gasteiger partial charge in [0.1, 0.15) is 6.61 Å². The van der Waals surface area contributed by atoms with Crippen LogP contribution in [-0.4, -0.2) is 25.5 Å². The van der Waals surface area contributed by atoms with E-state index in [-0.39, 0.29) is 30.3 Å². The molecule has 1 atom stereocenters. The van der Waals surface area contributed by atoms with Gasteiger partial charge in [-0.1, -0.05) is 37.6 Å². The molecule has 1 unspecified atom stereocenters. The van der Waals surface area contributed by atoms with Crippen molar-refractivity contribution in [2.45, 2.75) is 19.8 Å². The third-order valence-electron chi connectivity index (χ3n) is 3.89. The number of methoxy groups -OCH3 is 1. The van der Waals surface area contributed by atoms with Crippen LogP contribution < -0.4 is 10.6 Å². The third kappa shape index (κ3) is 5.58. The monoisotopic (exact) mass is 374 g/mol. The number of nitrogens with one attached hydrogen (secondary N) is 2. The lowest BCUT2D eigenvalue weighted by Crippen LogP contribution is -2.25. The first kappa shape index (κ1) is 19.9. The summed E-state index contributed by atoms with van der Waals surface area (Å²) in [6.07, 6.45) is 0. The number of rotatable bonds is 7. The van der Waals surface area contributed by atoms with Crippen molar-refractivity contribution in [3.05, 3.63) is 59.1 Å². The van der Waals surface area contributed by atoms with Crippen LogP contribution in [-0.2, 0) is 14.3 Å². The van der Waals surface area contributed by atoms with Crippen LogP contribution in [0.4, 0.5) is 11.4 Å². The van der Waals surface area contributed by atoms with E-state index in [2.05, 4.69) is 10.6 Å². The van der Waals surface area contributed by atoms with Crippen LogP contribution in [0.3, 0.4) is 0 Å². The number of carbonyl (C=O) groups is 2. The highest BCUT2D eigenvalue weighted by atomic mass is 35.5. The van der Waals surface area contributed by atoms with Gasteiger partial charge >= 0.3 is 0 Å². The van der Waals surface area contributed by atoms with Gasteiger partial charge in [-0.15, -0.1) is 0 Å². The molecule has 2 N–H and O–H groups in total. The molecular weight excluding hydrogens is 352 g/mol. The first-order valence-corrected chi connectivity index (χ1v) is 8.73. The molecule has 0 radical (unpaired) electrons. The fourth-order valence-electron chi connectivity index (χ4n) is 2.69. The van der Waals surface area contributed by atoms with Crippen LogP contribution in [0.2, 0.25) is 5.02 Å². The predicted octanol–water partition coefficient (Wildman–Crippen LogP) is 4.30. The molecule has 138 valence electrons. The molecule has 0 saturated heterocycles. The second-order valence-corrected chi connectivity index (χ2v) is 6.76. The molecule has 2 amide bonds. The smallest absolute Gasteiger partial charge is 0.250 e. The van der Waals surface area contributed by atoms with Gasteiger partial charge in [0.05, 0.1) is 5.92 Å². The molecule has 6 heteroatoms. The maximum atomic E-state index is 12.8. The molecule has 2 rings (SSSR count). The molecule has 5 nitrogen and oxygen atoms in total. The lowest BCUT2D eigenvalue weighted by molar-refractivity contribution is -0.120. The average Bonchev–Trinajstić information content (AvgIpc) is 2.58. The summed E-state index contributed by atoms with van der Waals surface area (Å²) in [5.74, 6) is -0.470. The van der Waals surface area contributed by atoms with Crippen molar-refractivity contribution in [1.82, 2.24) is 0 Å². The summed E-state index contributed by atoms with van der Waals surface area (Å²) in [5.41, 5.74) is 2.23. The van der Waals surface area contributed by atoms with E-state index in [1.807, 2.05) is 26.0 Å². The van der Waals surface area contributed by atoms with E-state index in [4.69, 9.17) is 16.3 Å². The second-order valence-electron chi connectivity index (χ2n) is 6.32. The van der Waals surface area contributed by atoms with Crippen molar-refractivity contribution in [1.29, 1.82) is 0 Å². The standard InChI is InChI=1S/C20H23ClN2O3/c1-13(2)19(14-4-6-15(21)7-5-14)20(25)23-17-10-8-16(9-11-17)22-18(24)12-26-3/h4-11,13,19H,12H2,1-3H3,(H,22,24)(H,23,25). The maximum absolute atomic E-state index is 12.8. The van der Waals surface area contributed by atoms with Crippen molar-refractivity contribution >= 4 is 34.8 Å². The van der Waals surface area contributed by atoms with Crippen LogP contribution in [0.15, 0.2) is 48.5 Å². The highest BCUT2D eigenvalue weighted by Gasteiger charge is 2.24. The fourth-order valence-corrected chi connectivity index (χ4v) is 2.82. The van der Waals surface area contributed by atoms with Gasteiger partial charge in [-0.3, -0.25) is 9.59 Å². The van der Waals surface area contributed by atoms with Crippen molar-refractivity contribution in [3.63, 3.8) is 0 Å². The number of carbonyl (C=O) groups excluding carboxylic acids is 2. The molecule has 0 heterocycles. The number of hydrogen-bond donors (Lipinski definition) is 2. The average molecular weight is 375 g/mol. The molecule has 0 aromatic heterocycles. The van der Waals surface area contributed by atoms with Crippen LogP contribution >= 0.6 is 11.6 Å². The Labute approximate surface area is 158 Å². The molecule has 0 aliphatic heterocycles. The van der Waals surface area contributed by atoms with E-state index < -0.39 is 0 Å². The number of ether oxygens (including phenoxy) is 1. The quantitative estimate of drug-likeness (QED) is 0.759. The van der Waals surface area contributed by atoms with Crippen LogP contribution in [0.5, 0.6) is 0 Å². The number of halogens is 1. The van der Waals surface area contributed by atoms with E-state index >= 15 is 0 Å². The largest absolute Gasteiger partial charge is 0.375 e. The van der Waals surface area contributed by atoms with Gasteiger partial charge < -0.3 is 15.4 Å². The van der Waals surface area contributed by atoms with Gasteiger partial charge in [0.2, 0.25) is 11.8 Å². The van der Waals surface area contributed by atoms with E-state index in [0.717, 1.165) is 5.56 Å². The number of benzene rings is 2. The lowest BCUT2D eigenvalue weighted by Gasteiger charge is -2.21. The number of anilines is 2. The Morgan fingerprint density at radius 3 is 2.00 bits per heavy atom. The van der Waals surface area contributed by atoms with E-state index in [9.17, 15) is 9.59 Å². The molecule has 0 bridgehead atoms. The normalized spacial score (nSPS) is 11.9. The molecule has 2 aromatic carbocycles. The Balaban J connectivity index is 2.07. The van der Waals surface area contributed by atoms with Gasteiger partial charge in [-0.2, -0.15) is 0 Å².